The third-order valence-electron chi connectivity index (χ3n) is 3.79. The minimum Gasteiger partial charge on any atom is -0.385 e. The van der Waals surface area contributed by atoms with Crippen molar-refractivity contribution < 1.29 is 14.5 Å². The quantitative estimate of drug-likeness (QED) is 0.436. The fourth-order valence-electron chi connectivity index (χ4n) is 2.47. The van der Waals surface area contributed by atoms with Crippen molar-refractivity contribution in [3.8, 4) is 0 Å². The molecule has 1 saturated heterocycles. The van der Waals surface area contributed by atoms with E-state index in [2.05, 4.69) is 10.6 Å². The smallest absolute Gasteiger partial charge is 0.269 e. The summed E-state index contributed by atoms with van der Waals surface area (Å²) in [5, 5.41) is 16.6. The zero-order valence-corrected chi connectivity index (χ0v) is 13.1. The van der Waals surface area contributed by atoms with Crippen molar-refractivity contribution in [2.45, 2.75) is 38.2 Å². The van der Waals surface area contributed by atoms with Crippen LogP contribution in [0.15, 0.2) is 24.3 Å². The SMILES string of the molecule is O=C(CCCNc1ccc([N+](=O)[O-])cc1)NCC1CCCCO1. The van der Waals surface area contributed by atoms with E-state index in [0.29, 0.717) is 25.9 Å². The van der Waals surface area contributed by atoms with E-state index in [-0.39, 0.29) is 17.7 Å². The topological polar surface area (TPSA) is 93.5 Å². The van der Waals surface area contributed by atoms with Gasteiger partial charge in [-0.2, -0.15) is 0 Å². The maximum atomic E-state index is 11.7. The van der Waals surface area contributed by atoms with E-state index in [0.717, 1.165) is 25.1 Å². The normalized spacial score (nSPS) is 17.5. The molecule has 0 aliphatic carbocycles. The summed E-state index contributed by atoms with van der Waals surface area (Å²) in [6, 6.07) is 6.25. The van der Waals surface area contributed by atoms with Crippen LogP contribution in [0.3, 0.4) is 0 Å². The minimum atomic E-state index is -0.426. The van der Waals surface area contributed by atoms with Gasteiger partial charge in [-0.1, -0.05) is 0 Å². The zero-order chi connectivity index (χ0) is 16.5. The molecule has 1 unspecified atom stereocenters. The zero-order valence-electron chi connectivity index (χ0n) is 13.1. The van der Waals surface area contributed by atoms with Crippen LogP contribution in [-0.4, -0.2) is 36.6 Å². The predicted octanol–water partition coefficient (Wildman–Crippen LogP) is 2.47. The molecule has 2 N–H and O–H groups in total. The lowest BCUT2D eigenvalue weighted by Crippen LogP contribution is -2.35. The molecule has 1 fully saturated rings. The first kappa shape index (κ1) is 17.2. The number of nitrogens with one attached hydrogen (secondary N) is 2. The average Bonchev–Trinajstić information content (AvgIpc) is 2.58. The molecule has 7 heteroatoms. The van der Waals surface area contributed by atoms with E-state index in [1.165, 1.54) is 18.6 Å². The molecule has 126 valence electrons. The van der Waals surface area contributed by atoms with Gasteiger partial charge in [0.1, 0.15) is 0 Å². The first-order chi connectivity index (χ1) is 11.1. The van der Waals surface area contributed by atoms with Gasteiger partial charge in [0.05, 0.1) is 11.0 Å². The van der Waals surface area contributed by atoms with Crippen LogP contribution in [0.4, 0.5) is 11.4 Å². The number of non-ortho nitro benzene ring substituents is 1. The Hall–Kier alpha value is -2.15. The summed E-state index contributed by atoms with van der Waals surface area (Å²) < 4.78 is 5.56. The van der Waals surface area contributed by atoms with Gasteiger partial charge in [0, 0.05) is 43.9 Å². The van der Waals surface area contributed by atoms with Crippen molar-refractivity contribution in [2.75, 3.05) is 25.0 Å². The Bertz CT molecular complexity index is 513. The number of nitrogens with zero attached hydrogens (tertiary/aromatic N) is 1. The van der Waals surface area contributed by atoms with Gasteiger partial charge in [0.2, 0.25) is 5.91 Å². The van der Waals surface area contributed by atoms with Crippen molar-refractivity contribution in [2.24, 2.45) is 0 Å². The van der Waals surface area contributed by atoms with Gasteiger partial charge in [0.25, 0.3) is 5.69 Å². The summed E-state index contributed by atoms with van der Waals surface area (Å²) in [6.45, 7) is 2.03. The number of carbonyl (C=O) groups excluding carboxylic acids is 1. The molecule has 1 aliphatic rings. The minimum absolute atomic E-state index is 0.0321. The molecule has 7 nitrogen and oxygen atoms in total. The average molecular weight is 321 g/mol. The number of benzene rings is 1. The van der Waals surface area contributed by atoms with Crippen LogP contribution in [0.1, 0.15) is 32.1 Å². The van der Waals surface area contributed by atoms with Gasteiger partial charge in [-0.25, -0.2) is 0 Å². The highest BCUT2D eigenvalue weighted by Crippen LogP contribution is 2.15. The van der Waals surface area contributed by atoms with Crippen LogP contribution in [0.2, 0.25) is 0 Å². The Morgan fingerprint density at radius 3 is 2.74 bits per heavy atom. The number of hydrogen-bond donors (Lipinski definition) is 2. The lowest BCUT2D eigenvalue weighted by molar-refractivity contribution is -0.384. The highest BCUT2D eigenvalue weighted by Gasteiger charge is 2.14. The third kappa shape index (κ3) is 6.23. The molecule has 1 aliphatic heterocycles. The van der Waals surface area contributed by atoms with E-state index in [4.69, 9.17) is 4.74 Å². The summed E-state index contributed by atoms with van der Waals surface area (Å²) >= 11 is 0. The van der Waals surface area contributed by atoms with Crippen LogP contribution in [-0.2, 0) is 9.53 Å². The number of nitro groups is 1. The Labute approximate surface area is 135 Å². The van der Waals surface area contributed by atoms with E-state index in [1.54, 1.807) is 12.1 Å². The number of nitro benzene ring substituents is 1. The second-order valence-corrected chi connectivity index (χ2v) is 5.63. The molecule has 1 aromatic carbocycles. The first-order valence-corrected chi connectivity index (χ1v) is 8.02. The molecule has 0 aromatic heterocycles. The maximum Gasteiger partial charge on any atom is 0.269 e. The van der Waals surface area contributed by atoms with Crippen LogP contribution < -0.4 is 10.6 Å². The largest absolute Gasteiger partial charge is 0.385 e. The van der Waals surface area contributed by atoms with Gasteiger partial charge in [-0.3, -0.25) is 14.9 Å². The Balaban J connectivity index is 1.57. The first-order valence-electron chi connectivity index (χ1n) is 8.02. The molecule has 1 aromatic rings. The molecule has 0 saturated carbocycles. The van der Waals surface area contributed by atoms with E-state index in [9.17, 15) is 14.9 Å². The monoisotopic (exact) mass is 321 g/mol. The molecule has 23 heavy (non-hydrogen) atoms. The molecule has 2 rings (SSSR count). The van der Waals surface area contributed by atoms with Crippen LogP contribution in [0.5, 0.6) is 0 Å². The second-order valence-electron chi connectivity index (χ2n) is 5.63. The Kier molecular flexibility index (Phi) is 6.80. The Morgan fingerprint density at radius 1 is 1.30 bits per heavy atom. The number of amides is 1. The molecule has 0 bridgehead atoms. The van der Waals surface area contributed by atoms with Crippen molar-refractivity contribution in [1.82, 2.24) is 5.32 Å². The van der Waals surface area contributed by atoms with Gasteiger partial charge in [-0.05, 0) is 37.8 Å². The van der Waals surface area contributed by atoms with Gasteiger partial charge in [0.15, 0.2) is 0 Å². The van der Waals surface area contributed by atoms with Gasteiger partial charge in [-0.15, -0.1) is 0 Å². The fourth-order valence-corrected chi connectivity index (χ4v) is 2.47. The lowest BCUT2D eigenvalue weighted by atomic mass is 10.1. The van der Waals surface area contributed by atoms with Crippen molar-refractivity contribution in [3.05, 3.63) is 34.4 Å². The maximum absolute atomic E-state index is 11.7. The molecular weight excluding hydrogens is 298 g/mol. The van der Waals surface area contributed by atoms with Gasteiger partial charge >= 0.3 is 0 Å². The van der Waals surface area contributed by atoms with Crippen molar-refractivity contribution in [3.63, 3.8) is 0 Å². The second kappa shape index (κ2) is 9.09. The highest BCUT2D eigenvalue weighted by molar-refractivity contribution is 5.75. The van der Waals surface area contributed by atoms with Gasteiger partial charge < -0.3 is 15.4 Å². The summed E-state index contributed by atoms with van der Waals surface area (Å²) in [6.07, 6.45) is 4.60. The molecule has 0 spiro atoms. The van der Waals surface area contributed by atoms with Crippen molar-refractivity contribution >= 4 is 17.3 Å². The molecular formula is C16H23N3O4. The summed E-state index contributed by atoms with van der Waals surface area (Å²) in [5.41, 5.74) is 0.881. The fraction of sp³-hybridized carbons (Fsp3) is 0.562. The predicted molar refractivity (Wildman–Crippen MR) is 87.4 cm³/mol. The standard InChI is InChI=1S/C16H23N3O4/c20-16(18-12-15-4-1-2-11-23-15)5-3-10-17-13-6-8-14(9-7-13)19(21)22/h6-9,15,17H,1-5,10-12H2,(H,18,20). The molecule has 1 atom stereocenters. The molecule has 1 heterocycles. The highest BCUT2D eigenvalue weighted by atomic mass is 16.6. The lowest BCUT2D eigenvalue weighted by Gasteiger charge is -2.22. The Morgan fingerprint density at radius 2 is 2.09 bits per heavy atom. The van der Waals surface area contributed by atoms with Crippen LogP contribution >= 0.6 is 0 Å². The van der Waals surface area contributed by atoms with E-state index >= 15 is 0 Å². The molecule has 1 amide bonds. The van der Waals surface area contributed by atoms with Crippen LogP contribution in [0.25, 0.3) is 0 Å². The number of rotatable bonds is 8. The van der Waals surface area contributed by atoms with Crippen LogP contribution in [0, 0.1) is 10.1 Å². The number of ether oxygens (including phenoxy) is 1. The van der Waals surface area contributed by atoms with E-state index < -0.39 is 4.92 Å². The number of anilines is 1. The third-order valence-corrected chi connectivity index (χ3v) is 3.79. The summed E-state index contributed by atoms with van der Waals surface area (Å²) in [4.78, 5) is 21.9. The molecule has 0 radical (unpaired) electrons. The summed E-state index contributed by atoms with van der Waals surface area (Å²) in [7, 11) is 0. The number of carbonyl (C=O) groups is 1. The van der Waals surface area contributed by atoms with E-state index in [1.807, 2.05) is 0 Å². The number of hydrogen-bond acceptors (Lipinski definition) is 5. The summed E-state index contributed by atoms with van der Waals surface area (Å²) in [5.74, 6) is 0.0321. The van der Waals surface area contributed by atoms with Crippen molar-refractivity contribution in [1.29, 1.82) is 0 Å².